The number of hydrogen-bond donors (Lipinski definition) is 0. The number of amides is 1. The second kappa shape index (κ2) is 7.64. The number of nitro benzene ring substituents is 1. The predicted octanol–water partition coefficient (Wildman–Crippen LogP) is 3.80. The number of non-ortho nitro benzene ring substituents is 1. The van der Waals surface area contributed by atoms with Gasteiger partial charge in [-0.05, 0) is 42.5 Å². The van der Waals surface area contributed by atoms with Crippen LogP contribution in [0.1, 0.15) is 34.8 Å². The van der Waals surface area contributed by atoms with Gasteiger partial charge in [-0.3, -0.25) is 14.9 Å². The van der Waals surface area contributed by atoms with E-state index in [9.17, 15) is 14.9 Å². The zero-order valence-corrected chi connectivity index (χ0v) is 15.3. The third kappa shape index (κ3) is 3.64. The van der Waals surface area contributed by atoms with Gasteiger partial charge in [-0.1, -0.05) is 30.3 Å². The topological polar surface area (TPSA) is 81.3 Å². The maximum absolute atomic E-state index is 12.8. The molecule has 1 aliphatic heterocycles. The molecule has 1 aromatic heterocycles. The van der Waals surface area contributed by atoms with E-state index in [1.54, 1.807) is 29.1 Å². The highest BCUT2D eigenvalue weighted by Crippen LogP contribution is 2.28. The van der Waals surface area contributed by atoms with Gasteiger partial charge in [-0.25, -0.2) is 4.68 Å². The lowest BCUT2D eigenvalue weighted by molar-refractivity contribution is -0.384. The number of likely N-dealkylation sites (tertiary alicyclic amines) is 1. The van der Waals surface area contributed by atoms with Gasteiger partial charge in [0.1, 0.15) is 0 Å². The number of aromatic nitrogens is 2. The van der Waals surface area contributed by atoms with E-state index in [1.165, 1.54) is 17.7 Å². The molecule has 0 N–H and O–H groups in total. The second-order valence-electron chi connectivity index (χ2n) is 6.90. The number of benzene rings is 2. The molecule has 2 heterocycles. The van der Waals surface area contributed by atoms with Crippen molar-refractivity contribution in [3.05, 3.63) is 88.2 Å². The number of nitrogens with zero attached hydrogens (tertiary/aromatic N) is 4. The molecule has 0 spiro atoms. The lowest BCUT2D eigenvalue weighted by Gasteiger charge is -2.31. The number of hydrogen-bond acceptors (Lipinski definition) is 4. The van der Waals surface area contributed by atoms with Crippen molar-refractivity contribution < 1.29 is 9.72 Å². The van der Waals surface area contributed by atoms with Gasteiger partial charge in [-0.2, -0.15) is 5.10 Å². The normalized spacial score (nSPS) is 14.8. The Bertz CT molecular complexity index is 974. The first kappa shape index (κ1) is 17.9. The molecule has 4 rings (SSSR count). The lowest BCUT2D eigenvalue weighted by Crippen LogP contribution is -2.38. The third-order valence-electron chi connectivity index (χ3n) is 5.19. The highest BCUT2D eigenvalue weighted by Gasteiger charge is 2.25. The largest absolute Gasteiger partial charge is 0.337 e. The Hall–Kier alpha value is -3.48. The number of piperidine rings is 1. The molecule has 2 aromatic carbocycles. The quantitative estimate of drug-likeness (QED) is 0.512. The van der Waals surface area contributed by atoms with Gasteiger partial charge in [0.05, 0.1) is 10.6 Å². The number of nitro groups is 1. The van der Waals surface area contributed by atoms with Crippen molar-refractivity contribution in [3.8, 4) is 5.69 Å². The van der Waals surface area contributed by atoms with Gasteiger partial charge >= 0.3 is 0 Å². The van der Waals surface area contributed by atoms with Crippen LogP contribution in [0.15, 0.2) is 66.9 Å². The van der Waals surface area contributed by atoms with Crippen molar-refractivity contribution in [1.82, 2.24) is 14.7 Å². The molecule has 0 aliphatic carbocycles. The van der Waals surface area contributed by atoms with Gasteiger partial charge < -0.3 is 4.90 Å². The van der Waals surface area contributed by atoms with Crippen LogP contribution in [-0.4, -0.2) is 38.6 Å². The molecule has 7 heteroatoms. The summed E-state index contributed by atoms with van der Waals surface area (Å²) < 4.78 is 1.56. The molecule has 1 aliphatic rings. The first-order valence-corrected chi connectivity index (χ1v) is 9.26. The fraction of sp³-hybridized carbons (Fsp3) is 0.238. The van der Waals surface area contributed by atoms with Crippen LogP contribution in [0.5, 0.6) is 0 Å². The summed E-state index contributed by atoms with van der Waals surface area (Å²) in [5.74, 6) is 0.412. The first-order chi connectivity index (χ1) is 13.6. The monoisotopic (exact) mass is 376 g/mol. The molecule has 0 saturated carbocycles. The van der Waals surface area contributed by atoms with Gasteiger partial charge in [0.15, 0.2) is 5.69 Å². The zero-order chi connectivity index (χ0) is 19.5. The van der Waals surface area contributed by atoms with E-state index in [2.05, 4.69) is 29.4 Å². The Labute approximate surface area is 162 Å². The minimum Gasteiger partial charge on any atom is -0.337 e. The SMILES string of the molecule is O=C(c1ccn(-c2ccc([N+](=O)[O-])cc2)n1)N1CCC(c2ccccc2)CC1. The van der Waals surface area contributed by atoms with E-state index in [4.69, 9.17) is 0 Å². The second-order valence-corrected chi connectivity index (χ2v) is 6.90. The van der Waals surface area contributed by atoms with Crippen molar-refractivity contribution in [2.24, 2.45) is 0 Å². The van der Waals surface area contributed by atoms with Gasteiger partial charge in [0.25, 0.3) is 11.6 Å². The summed E-state index contributed by atoms with van der Waals surface area (Å²) in [6, 6.07) is 18.2. The van der Waals surface area contributed by atoms with E-state index in [0.29, 0.717) is 30.4 Å². The van der Waals surface area contributed by atoms with E-state index >= 15 is 0 Å². The molecular weight excluding hydrogens is 356 g/mol. The molecule has 0 atom stereocenters. The maximum Gasteiger partial charge on any atom is 0.274 e. The van der Waals surface area contributed by atoms with E-state index in [0.717, 1.165) is 12.8 Å². The molecule has 7 nitrogen and oxygen atoms in total. The summed E-state index contributed by atoms with van der Waals surface area (Å²) in [5, 5.41) is 15.1. The molecule has 1 saturated heterocycles. The molecule has 142 valence electrons. The van der Waals surface area contributed by atoms with E-state index < -0.39 is 4.92 Å². The smallest absolute Gasteiger partial charge is 0.274 e. The van der Waals surface area contributed by atoms with Crippen LogP contribution in [0, 0.1) is 10.1 Å². The Kier molecular flexibility index (Phi) is 4.89. The van der Waals surface area contributed by atoms with Crippen molar-refractivity contribution >= 4 is 11.6 Å². The summed E-state index contributed by atoms with van der Waals surface area (Å²) >= 11 is 0. The van der Waals surface area contributed by atoms with Crippen LogP contribution in [0.25, 0.3) is 5.69 Å². The minimum absolute atomic E-state index is 0.0218. The standard InChI is InChI=1S/C21H20N4O3/c26-21(23-13-10-17(11-14-23)16-4-2-1-3-5-16)20-12-15-24(22-20)18-6-8-19(9-7-18)25(27)28/h1-9,12,15,17H,10-11,13-14H2. The van der Waals surface area contributed by atoms with Gasteiger partial charge in [0.2, 0.25) is 0 Å². The van der Waals surface area contributed by atoms with Crippen LogP contribution in [-0.2, 0) is 0 Å². The molecule has 0 bridgehead atoms. The summed E-state index contributed by atoms with van der Waals surface area (Å²) in [5.41, 5.74) is 2.41. The molecular formula is C21H20N4O3. The fourth-order valence-electron chi connectivity index (χ4n) is 3.61. The fourth-order valence-corrected chi connectivity index (χ4v) is 3.61. The van der Waals surface area contributed by atoms with Crippen LogP contribution in [0.2, 0.25) is 0 Å². The minimum atomic E-state index is -0.444. The van der Waals surface area contributed by atoms with Crippen LogP contribution >= 0.6 is 0 Å². The Morgan fingerprint density at radius 2 is 1.68 bits per heavy atom. The Balaban J connectivity index is 1.41. The third-order valence-corrected chi connectivity index (χ3v) is 5.19. The number of rotatable bonds is 4. The van der Waals surface area contributed by atoms with Crippen molar-refractivity contribution in [2.45, 2.75) is 18.8 Å². The molecule has 3 aromatic rings. The zero-order valence-electron chi connectivity index (χ0n) is 15.3. The first-order valence-electron chi connectivity index (χ1n) is 9.26. The summed E-state index contributed by atoms with van der Waals surface area (Å²) in [4.78, 5) is 25.0. The lowest BCUT2D eigenvalue weighted by atomic mass is 9.89. The van der Waals surface area contributed by atoms with Gasteiger partial charge in [0, 0.05) is 31.4 Å². The number of carbonyl (C=O) groups excluding carboxylic acids is 1. The summed E-state index contributed by atoms with van der Waals surface area (Å²) in [6.07, 6.45) is 3.59. The molecule has 0 unspecified atom stereocenters. The predicted molar refractivity (Wildman–Crippen MR) is 105 cm³/mol. The van der Waals surface area contributed by atoms with E-state index in [-0.39, 0.29) is 11.6 Å². The van der Waals surface area contributed by atoms with Crippen LogP contribution < -0.4 is 0 Å². The molecule has 28 heavy (non-hydrogen) atoms. The number of carbonyl (C=O) groups is 1. The Morgan fingerprint density at radius 1 is 1.00 bits per heavy atom. The van der Waals surface area contributed by atoms with Crippen molar-refractivity contribution in [1.29, 1.82) is 0 Å². The summed E-state index contributed by atoms with van der Waals surface area (Å²) in [6.45, 7) is 1.42. The highest BCUT2D eigenvalue weighted by atomic mass is 16.6. The van der Waals surface area contributed by atoms with Crippen molar-refractivity contribution in [2.75, 3.05) is 13.1 Å². The van der Waals surface area contributed by atoms with Crippen LogP contribution in [0.4, 0.5) is 5.69 Å². The Morgan fingerprint density at radius 3 is 2.32 bits per heavy atom. The highest BCUT2D eigenvalue weighted by molar-refractivity contribution is 5.92. The maximum atomic E-state index is 12.8. The van der Waals surface area contributed by atoms with E-state index in [1.807, 2.05) is 11.0 Å². The van der Waals surface area contributed by atoms with Crippen LogP contribution in [0.3, 0.4) is 0 Å². The van der Waals surface area contributed by atoms with Crippen molar-refractivity contribution in [3.63, 3.8) is 0 Å². The van der Waals surface area contributed by atoms with Gasteiger partial charge in [-0.15, -0.1) is 0 Å². The average Bonchev–Trinajstić information content (AvgIpc) is 3.24. The molecule has 1 fully saturated rings. The summed E-state index contributed by atoms with van der Waals surface area (Å²) in [7, 11) is 0. The molecule has 1 amide bonds. The molecule has 0 radical (unpaired) electrons. The average molecular weight is 376 g/mol.